The van der Waals surface area contributed by atoms with Gasteiger partial charge in [0.25, 0.3) is 5.91 Å². The van der Waals surface area contributed by atoms with Crippen LogP contribution in [0.15, 0.2) is 41.1 Å². The van der Waals surface area contributed by atoms with Crippen molar-refractivity contribution >= 4 is 33.5 Å². The summed E-state index contributed by atoms with van der Waals surface area (Å²) in [5.41, 5.74) is 0.198. The van der Waals surface area contributed by atoms with Crippen molar-refractivity contribution in [2.75, 3.05) is 5.32 Å². The number of carboxylic acid groups (broad SMARTS) is 1. The molecule has 6 nitrogen and oxygen atoms in total. The van der Waals surface area contributed by atoms with Gasteiger partial charge in [0.05, 0.1) is 16.8 Å². The van der Waals surface area contributed by atoms with Gasteiger partial charge in [-0.3, -0.25) is 4.79 Å². The van der Waals surface area contributed by atoms with Gasteiger partial charge in [0.2, 0.25) is 0 Å². The first-order valence-electron chi connectivity index (χ1n) is 5.46. The van der Waals surface area contributed by atoms with Crippen LogP contribution in [0, 0.1) is 0 Å². The Balaban J connectivity index is 2.28. The highest BCUT2D eigenvalue weighted by Crippen LogP contribution is 2.22. The van der Waals surface area contributed by atoms with Crippen LogP contribution < -0.4 is 5.32 Å². The number of phenols is 1. The van der Waals surface area contributed by atoms with E-state index in [4.69, 9.17) is 5.11 Å². The molecule has 1 amide bonds. The number of aromatic hydroxyl groups is 1. The molecule has 0 aliphatic carbocycles. The van der Waals surface area contributed by atoms with E-state index in [0.717, 1.165) is 6.07 Å². The third-order valence-electron chi connectivity index (χ3n) is 2.47. The van der Waals surface area contributed by atoms with Crippen molar-refractivity contribution in [1.82, 2.24) is 4.98 Å². The highest BCUT2D eigenvalue weighted by atomic mass is 79.9. The highest BCUT2D eigenvalue weighted by Gasteiger charge is 2.14. The Labute approximate surface area is 122 Å². The van der Waals surface area contributed by atoms with E-state index in [1.54, 1.807) is 12.1 Å². The summed E-state index contributed by atoms with van der Waals surface area (Å²) in [6.07, 6.45) is 1.36. The summed E-state index contributed by atoms with van der Waals surface area (Å²) >= 11 is 3.15. The molecule has 0 spiro atoms. The van der Waals surface area contributed by atoms with Gasteiger partial charge < -0.3 is 15.5 Å². The summed E-state index contributed by atoms with van der Waals surface area (Å²) in [6, 6.07) is 6.83. The van der Waals surface area contributed by atoms with Crippen LogP contribution in [0.25, 0.3) is 0 Å². The molecule has 7 heteroatoms. The molecule has 0 radical (unpaired) electrons. The topological polar surface area (TPSA) is 99.5 Å². The van der Waals surface area contributed by atoms with Crippen LogP contribution in [0.5, 0.6) is 5.75 Å². The van der Waals surface area contributed by atoms with Crippen molar-refractivity contribution in [3.63, 3.8) is 0 Å². The highest BCUT2D eigenvalue weighted by molar-refractivity contribution is 9.10. The fraction of sp³-hybridized carbons (Fsp3) is 0. The lowest BCUT2D eigenvalue weighted by Gasteiger charge is -2.08. The van der Waals surface area contributed by atoms with Crippen molar-refractivity contribution in [2.24, 2.45) is 0 Å². The quantitative estimate of drug-likeness (QED) is 0.590. The number of amides is 1. The number of aromatic carboxylic acids is 1. The molecule has 0 aliphatic heterocycles. The Morgan fingerprint density at radius 2 is 1.95 bits per heavy atom. The molecule has 3 N–H and O–H groups in total. The average Bonchev–Trinajstić information content (AvgIpc) is 2.41. The average molecular weight is 337 g/mol. The third-order valence-corrected chi connectivity index (χ3v) is 2.94. The van der Waals surface area contributed by atoms with E-state index in [0.29, 0.717) is 4.60 Å². The second-order valence-corrected chi connectivity index (χ2v) is 4.67. The van der Waals surface area contributed by atoms with Gasteiger partial charge in [0, 0.05) is 6.20 Å². The van der Waals surface area contributed by atoms with Crippen molar-refractivity contribution in [3.05, 3.63) is 52.3 Å². The predicted molar refractivity (Wildman–Crippen MR) is 75.0 cm³/mol. The zero-order valence-electron chi connectivity index (χ0n) is 10.0. The zero-order valence-corrected chi connectivity index (χ0v) is 11.6. The molecule has 102 valence electrons. The van der Waals surface area contributed by atoms with E-state index in [9.17, 15) is 14.7 Å². The molecule has 0 bridgehead atoms. The number of rotatable bonds is 3. The number of aromatic nitrogens is 1. The number of phenolic OH excluding ortho intramolecular Hbond substituents is 1. The van der Waals surface area contributed by atoms with Gasteiger partial charge >= 0.3 is 5.97 Å². The smallest absolute Gasteiger partial charge is 0.337 e. The maximum Gasteiger partial charge on any atom is 0.337 e. The number of carbonyl (C=O) groups excluding carboxylic acids is 1. The summed E-state index contributed by atoms with van der Waals surface area (Å²) in [4.78, 5) is 26.9. The van der Waals surface area contributed by atoms with E-state index in [1.807, 2.05) is 0 Å². The van der Waals surface area contributed by atoms with Gasteiger partial charge in [-0.2, -0.15) is 0 Å². The molecule has 2 rings (SSSR count). The zero-order chi connectivity index (χ0) is 14.7. The van der Waals surface area contributed by atoms with Gasteiger partial charge in [-0.1, -0.05) is 0 Å². The number of hydrogen-bond acceptors (Lipinski definition) is 4. The second kappa shape index (κ2) is 5.70. The minimum atomic E-state index is -1.25. The minimum absolute atomic E-state index is 0.100. The number of anilines is 1. The van der Waals surface area contributed by atoms with Crippen molar-refractivity contribution in [2.45, 2.75) is 0 Å². The largest absolute Gasteiger partial charge is 0.508 e. The van der Waals surface area contributed by atoms with Crippen LogP contribution in [0.2, 0.25) is 0 Å². The fourth-order valence-corrected chi connectivity index (χ4v) is 1.76. The van der Waals surface area contributed by atoms with Crippen LogP contribution in [0.4, 0.5) is 5.69 Å². The first-order valence-corrected chi connectivity index (χ1v) is 6.26. The molecule has 0 saturated heterocycles. The molecule has 0 atom stereocenters. The van der Waals surface area contributed by atoms with E-state index in [2.05, 4.69) is 26.2 Å². The molecule has 20 heavy (non-hydrogen) atoms. The Kier molecular flexibility index (Phi) is 3.99. The number of pyridine rings is 1. The van der Waals surface area contributed by atoms with E-state index in [-0.39, 0.29) is 22.6 Å². The van der Waals surface area contributed by atoms with Crippen LogP contribution in [0.3, 0.4) is 0 Å². The Bertz CT molecular complexity index is 671. The Morgan fingerprint density at radius 3 is 2.55 bits per heavy atom. The predicted octanol–water partition coefficient (Wildman–Crippen LogP) is 2.50. The van der Waals surface area contributed by atoms with Gasteiger partial charge in [-0.05, 0) is 46.3 Å². The number of hydrogen-bond donors (Lipinski definition) is 3. The number of halogens is 1. The molecule has 1 heterocycles. The molecule has 0 fully saturated rings. The summed E-state index contributed by atoms with van der Waals surface area (Å²) < 4.78 is 0.588. The number of carbonyl (C=O) groups is 2. The van der Waals surface area contributed by atoms with E-state index >= 15 is 0 Å². The van der Waals surface area contributed by atoms with Crippen LogP contribution >= 0.6 is 15.9 Å². The van der Waals surface area contributed by atoms with Crippen LogP contribution in [-0.2, 0) is 0 Å². The first-order chi connectivity index (χ1) is 9.47. The molecular weight excluding hydrogens is 328 g/mol. The van der Waals surface area contributed by atoms with Crippen molar-refractivity contribution in [1.29, 1.82) is 0 Å². The summed E-state index contributed by atoms with van der Waals surface area (Å²) in [6.45, 7) is 0. The molecule has 1 aromatic carbocycles. The molecular formula is C13H9BrN2O4. The monoisotopic (exact) mass is 336 g/mol. The third kappa shape index (κ3) is 3.12. The number of nitrogens with one attached hydrogen (secondary N) is 1. The summed E-state index contributed by atoms with van der Waals surface area (Å²) in [7, 11) is 0. The van der Waals surface area contributed by atoms with Gasteiger partial charge in [-0.15, -0.1) is 0 Å². The lowest BCUT2D eigenvalue weighted by Crippen LogP contribution is -2.15. The Hall–Kier alpha value is -2.41. The number of carboxylic acids is 1. The van der Waals surface area contributed by atoms with Crippen molar-refractivity contribution < 1.29 is 19.8 Å². The van der Waals surface area contributed by atoms with E-state index in [1.165, 1.54) is 18.3 Å². The maximum atomic E-state index is 12.0. The first kappa shape index (κ1) is 14.0. The molecule has 0 aliphatic rings. The number of benzene rings is 1. The van der Waals surface area contributed by atoms with Crippen LogP contribution in [-0.4, -0.2) is 27.1 Å². The minimum Gasteiger partial charge on any atom is -0.508 e. The second-order valence-electron chi connectivity index (χ2n) is 3.86. The normalized spacial score (nSPS) is 10.1. The van der Waals surface area contributed by atoms with E-state index < -0.39 is 11.9 Å². The molecule has 2 aromatic rings. The molecule has 0 saturated carbocycles. The standard InChI is InChI=1S/C13H9BrN2O4/c14-11-4-1-7(6-15-11)12(18)16-10-3-2-8(17)5-9(10)13(19)20/h1-6,17H,(H,16,18)(H,19,20). The fourth-order valence-electron chi connectivity index (χ4n) is 1.52. The lowest BCUT2D eigenvalue weighted by atomic mass is 10.1. The van der Waals surface area contributed by atoms with Crippen molar-refractivity contribution in [3.8, 4) is 5.75 Å². The lowest BCUT2D eigenvalue weighted by molar-refractivity contribution is 0.0697. The Morgan fingerprint density at radius 1 is 1.20 bits per heavy atom. The van der Waals surface area contributed by atoms with Gasteiger partial charge in [0.15, 0.2) is 0 Å². The van der Waals surface area contributed by atoms with Gasteiger partial charge in [-0.25, -0.2) is 9.78 Å². The molecule has 0 unspecified atom stereocenters. The molecule has 1 aromatic heterocycles. The SMILES string of the molecule is O=C(Nc1ccc(O)cc1C(=O)O)c1ccc(Br)nc1. The van der Waals surface area contributed by atoms with Crippen LogP contribution in [0.1, 0.15) is 20.7 Å². The summed E-state index contributed by atoms with van der Waals surface area (Å²) in [5.74, 6) is -1.92. The summed E-state index contributed by atoms with van der Waals surface area (Å²) in [5, 5.41) is 20.8. The van der Waals surface area contributed by atoms with Gasteiger partial charge in [0.1, 0.15) is 10.4 Å². The maximum absolute atomic E-state index is 12.0. The number of nitrogens with zero attached hydrogens (tertiary/aromatic N) is 1.